The van der Waals surface area contributed by atoms with E-state index in [9.17, 15) is 13.2 Å². The first-order valence-electron chi connectivity index (χ1n) is 5.75. The molecule has 0 saturated heterocycles. The van der Waals surface area contributed by atoms with Crippen LogP contribution in [0.3, 0.4) is 0 Å². The molecule has 0 aromatic heterocycles. The van der Waals surface area contributed by atoms with Crippen LogP contribution >= 0.6 is 31.9 Å². The standard InChI is InChI=1S/C14H10Br2F3N/c1-7(9-3-2-8(15)6-10(9)16)20-12-5-4-11(17)13(18)14(12)19/h2-7,20H,1H3. The average molecular weight is 409 g/mol. The van der Waals surface area contributed by atoms with Gasteiger partial charge in [-0.25, -0.2) is 13.2 Å². The Hall–Kier alpha value is -1.01. The van der Waals surface area contributed by atoms with Crippen LogP contribution in [0.1, 0.15) is 18.5 Å². The molecule has 0 fully saturated rings. The summed E-state index contributed by atoms with van der Waals surface area (Å²) >= 11 is 6.75. The van der Waals surface area contributed by atoms with Gasteiger partial charge in [-0.3, -0.25) is 0 Å². The summed E-state index contributed by atoms with van der Waals surface area (Å²) < 4.78 is 41.4. The molecule has 0 bridgehead atoms. The Morgan fingerprint density at radius 3 is 2.35 bits per heavy atom. The highest BCUT2D eigenvalue weighted by atomic mass is 79.9. The zero-order valence-corrected chi connectivity index (χ0v) is 13.5. The van der Waals surface area contributed by atoms with Crippen LogP contribution in [0.2, 0.25) is 0 Å². The maximum absolute atomic E-state index is 13.6. The van der Waals surface area contributed by atoms with Gasteiger partial charge < -0.3 is 5.32 Å². The van der Waals surface area contributed by atoms with E-state index in [1.165, 1.54) is 6.07 Å². The average Bonchev–Trinajstić information content (AvgIpc) is 2.39. The molecule has 2 aromatic rings. The van der Waals surface area contributed by atoms with Gasteiger partial charge in [0.25, 0.3) is 0 Å². The summed E-state index contributed by atoms with van der Waals surface area (Å²) in [5, 5.41) is 2.83. The summed E-state index contributed by atoms with van der Waals surface area (Å²) in [6, 6.07) is 7.34. The van der Waals surface area contributed by atoms with E-state index in [1.807, 2.05) is 18.2 Å². The lowest BCUT2D eigenvalue weighted by atomic mass is 10.1. The predicted molar refractivity (Wildman–Crippen MR) is 80.2 cm³/mol. The summed E-state index contributed by atoms with van der Waals surface area (Å²) in [4.78, 5) is 0. The normalized spacial score (nSPS) is 12.3. The van der Waals surface area contributed by atoms with E-state index in [0.29, 0.717) is 0 Å². The van der Waals surface area contributed by atoms with Gasteiger partial charge in [-0.05, 0) is 36.8 Å². The molecule has 106 valence electrons. The Morgan fingerprint density at radius 1 is 1.00 bits per heavy atom. The summed E-state index contributed by atoms with van der Waals surface area (Å²) in [5.41, 5.74) is 0.795. The second kappa shape index (κ2) is 6.18. The molecule has 2 rings (SSSR count). The molecule has 0 radical (unpaired) electrons. The zero-order valence-electron chi connectivity index (χ0n) is 10.4. The number of benzene rings is 2. The number of halogens is 5. The molecule has 1 unspecified atom stereocenters. The second-order valence-corrected chi connectivity index (χ2v) is 6.02. The number of nitrogens with one attached hydrogen (secondary N) is 1. The van der Waals surface area contributed by atoms with Crippen LogP contribution in [0, 0.1) is 17.5 Å². The Bertz CT molecular complexity index is 647. The Kier molecular flexibility index (Phi) is 4.75. The van der Waals surface area contributed by atoms with Gasteiger partial charge in [0.15, 0.2) is 17.5 Å². The highest BCUT2D eigenvalue weighted by Gasteiger charge is 2.16. The van der Waals surface area contributed by atoms with Gasteiger partial charge in [0.1, 0.15) is 0 Å². The molecule has 0 aliphatic rings. The first-order chi connectivity index (χ1) is 9.40. The lowest BCUT2D eigenvalue weighted by Gasteiger charge is -2.18. The van der Waals surface area contributed by atoms with Crippen molar-refractivity contribution in [2.45, 2.75) is 13.0 Å². The van der Waals surface area contributed by atoms with E-state index in [1.54, 1.807) is 6.92 Å². The highest BCUT2D eigenvalue weighted by Crippen LogP contribution is 2.30. The fourth-order valence-electron chi connectivity index (χ4n) is 1.80. The van der Waals surface area contributed by atoms with E-state index >= 15 is 0 Å². The van der Waals surface area contributed by atoms with E-state index < -0.39 is 17.5 Å². The van der Waals surface area contributed by atoms with Crippen molar-refractivity contribution in [2.24, 2.45) is 0 Å². The molecule has 1 nitrogen and oxygen atoms in total. The second-order valence-electron chi connectivity index (χ2n) is 4.25. The highest BCUT2D eigenvalue weighted by molar-refractivity contribution is 9.11. The lowest BCUT2D eigenvalue weighted by molar-refractivity contribution is 0.448. The van der Waals surface area contributed by atoms with Crippen molar-refractivity contribution >= 4 is 37.5 Å². The molecule has 0 spiro atoms. The Labute approximate surface area is 131 Å². The third-order valence-electron chi connectivity index (χ3n) is 2.84. The van der Waals surface area contributed by atoms with Crippen LogP contribution in [-0.4, -0.2) is 0 Å². The molecule has 0 heterocycles. The summed E-state index contributed by atoms with van der Waals surface area (Å²) in [7, 11) is 0. The van der Waals surface area contributed by atoms with Crippen LogP contribution in [0.5, 0.6) is 0 Å². The number of hydrogen-bond acceptors (Lipinski definition) is 1. The lowest BCUT2D eigenvalue weighted by Crippen LogP contribution is -2.10. The summed E-state index contributed by atoms with van der Waals surface area (Å²) in [6.07, 6.45) is 0. The fraction of sp³-hybridized carbons (Fsp3) is 0.143. The number of rotatable bonds is 3. The molecule has 0 aliphatic carbocycles. The summed E-state index contributed by atoms with van der Waals surface area (Å²) in [5.74, 6) is -3.90. The monoisotopic (exact) mass is 407 g/mol. The minimum Gasteiger partial charge on any atom is -0.376 e. The molecule has 6 heteroatoms. The van der Waals surface area contributed by atoms with E-state index in [-0.39, 0.29) is 11.7 Å². The molecule has 0 saturated carbocycles. The Balaban J connectivity index is 2.28. The third kappa shape index (κ3) is 3.17. The smallest absolute Gasteiger partial charge is 0.196 e. The largest absolute Gasteiger partial charge is 0.376 e. The van der Waals surface area contributed by atoms with Crippen LogP contribution in [-0.2, 0) is 0 Å². The minimum absolute atomic E-state index is 0.0776. The van der Waals surface area contributed by atoms with Crippen molar-refractivity contribution in [1.82, 2.24) is 0 Å². The zero-order chi connectivity index (χ0) is 14.9. The molecular formula is C14H10Br2F3N. The van der Waals surface area contributed by atoms with Gasteiger partial charge in [0, 0.05) is 15.0 Å². The van der Waals surface area contributed by atoms with E-state index in [0.717, 1.165) is 20.6 Å². The predicted octanol–water partition coefficient (Wildman–Crippen LogP) is 5.80. The first kappa shape index (κ1) is 15.4. The van der Waals surface area contributed by atoms with Crippen molar-refractivity contribution in [3.05, 3.63) is 62.3 Å². The first-order valence-corrected chi connectivity index (χ1v) is 7.33. The van der Waals surface area contributed by atoms with E-state index in [4.69, 9.17) is 0 Å². The summed E-state index contributed by atoms with van der Waals surface area (Å²) in [6.45, 7) is 1.80. The molecule has 0 amide bonds. The van der Waals surface area contributed by atoms with E-state index in [2.05, 4.69) is 37.2 Å². The van der Waals surface area contributed by atoms with Gasteiger partial charge in [0.2, 0.25) is 0 Å². The number of hydrogen-bond donors (Lipinski definition) is 1. The van der Waals surface area contributed by atoms with Gasteiger partial charge in [-0.1, -0.05) is 37.9 Å². The Morgan fingerprint density at radius 2 is 1.70 bits per heavy atom. The molecule has 1 atom stereocenters. The van der Waals surface area contributed by atoms with Gasteiger partial charge >= 0.3 is 0 Å². The maximum Gasteiger partial charge on any atom is 0.196 e. The number of anilines is 1. The van der Waals surface area contributed by atoms with Gasteiger partial charge in [-0.15, -0.1) is 0 Å². The van der Waals surface area contributed by atoms with Gasteiger partial charge in [0.05, 0.1) is 5.69 Å². The van der Waals surface area contributed by atoms with Crippen LogP contribution in [0.15, 0.2) is 39.3 Å². The third-order valence-corrected chi connectivity index (χ3v) is 4.02. The molecule has 1 N–H and O–H groups in total. The molecule has 2 aromatic carbocycles. The van der Waals surface area contributed by atoms with Crippen LogP contribution in [0.25, 0.3) is 0 Å². The quantitative estimate of drug-likeness (QED) is 0.632. The maximum atomic E-state index is 13.6. The van der Waals surface area contributed by atoms with Crippen LogP contribution in [0.4, 0.5) is 18.9 Å². The van der Waals surface area contributed by atoms with Crippen molar-refractivity contribution in [3.8, 4) is 0 Å². The van der Waals surface area contributed by atoms with Crippen molar-refractivity contribution in [1.29, 1.82) is 0 Å². The molecular weight excluding hydrogens is 399 g/mol. The minimum atomic E-state index is -1.47. The van der Waals surface area contributed by atoms with Crippen molar-refractivity contribution in [2.75, 3.05) is 5.32 Å². The molecule has 20 heavy (non-hydrogen) atoms. The topological polar surface area (TPSA) is 12.0 Å². The SMILES string of the molecule is CC(Nc1ccc(F)c(F)c1F)c1ccc(Br)cc1Br. The molecule has 0 aliphatic heterocycles. The van der Waals surface area contributed by atoms with Crippen molar-refractivity contribution < 1.29 is 13.2 Å². The van der Waals surface area contributed by atoms with Gasteiger partial charge in [-0.2, -0.15) is 0 Å². The van der Waals surface area contributed by atoms with Crippen molar-refractivity contribution in [3.63, 3.8) is 0 Å². The van der Waals surface area contributed by atoms with Crippen LogP contribution < -0.4 is 5.32 Å². The fourth-order valence-corrected chi connectivity index (χ4v) is 3.19.